The summed E-state index contributed by atoms with van der Waals surface area (Å²) in [5.74, 6) is 2.18. The van der Waals surface area contributed by atoms with Crippen LogP contribution in [-0.4, -0.2) is 41.4 Å². The Morgan fingerprint density at radius 3 is 2.58 bits per heavy atom. The highest BCUT2D eigenvalue weighted by atomic mass is 32.2. The first kappa shape index (κ1) is 23.1. The molecule has 172 valence electrons. The maximum atomic E-state index is 12.6. The molecule has 0 fully saturated rings. The van der Waals surface area contributed by atoms with Gasteiger partial charge in [-0.15, -0.1) is 0 Å². The van der Waals surface area contributed by atoms with Gasteiger partial charge >= 0.3 is 0 Å². The number of benzene rings is 2. The van der Waals surface area contributed by atoms with Gasteiger partial charge in [0.25, 0.3) is 0 Å². The number of carbonyl (C=O) groups excluding carboxylic acids is 1. The van der Waals surface area contributed by atoms with Crippen molar-refractivity contribution >= 4 is 23.4 Å². The minimum absolute atomic E-state index is 0.122. The highest BCUT2D eigenvalue weighted by Crippen LogP contribution is 2.34. The van der Waals surface area contributed by atoms with Crippen LogP contribution in [0, 0.1) is 0 Å². The lowest BCUT2D eigenvalue weighted by atomic mass is 9.96. The van der Waals surface area contributed by atoms with Crippen LogP contribution in [0.4, 0.5) is 5.69 Å². The van der Waals surface area contributed by atoms with Crippen molar-refractivity contribution in [1.29, 1.82) is 0 Å². The molecule has 8 heteroatoms. The molecule has 0 atom stereocenters. The van der Waals surface area contributed by atoms with Crippen LogP contribution in [0.3, 0.4) is 0 Å². The van der Waals surface area contributed by atoms with Gasteiger partial charge < -0.3 is 19.5 Å². The zero-order valence-corrected chi connectivity index (χ0v) is 20.0. The Morgan fingerprint density at radius 1 is 1.09 bits per heavy atom. The zero-order valence-electron chi connectivity index (χ0n) is 19.2. The van der Waals surface area contributed by atoms with E-state index in [2.05, 4.69) is 19.2 Å². The lowest BCUT2D eigenvalue weighted by Gasteiger charge is -2.32. The summed E-state index contributed by atoms with van der Waals surface area (Å²) >= 11 is 1.39. The summed E-state index contributed by atoms with van der Waals surface area (Å²) in [5, 5.41) is 3.68. The molecule has 1 N–H and O–H groups in total. The van der Waals surface area contributed by atoms with Crippen LogP contribution in [0.15, 0.2) is 53.6 Å². The Kier molecular flexibility index (Phi) is 6.85. The van der Waals surface area contributed by atoms with E-state index in [0.717, 1.165) is 27.6 Å². The maximum Gasteiger partial charge on any atom is 0.234 e. The van der Waals surface area contributed by atoms with Crippen LogP contribution in [-0.2, 0) is 22.6 Å². The molecule has 33 heavy (non-hydrogen) atoms. The van der Waals surface area contributed by atoms with E-state index in [1.54, 1.807) is 20.3 Å². The van der Waals surface area contributed by atoms with Crippen LogP contribution in [0.2, 0.25) is 0 Å². The van der Waals surface area contributed by atoms with E-state index in [9.17, 15) is 4.79 Å². The molecule has 2 aromatic carbocycles. The second-order valence-corrected chi connectivity index (χ2v) is 9.26. The van der Waals surface area contributed by atoms with Crippen LogP contribution < -0.4 is 14.8 Å². The largest absolute Gasteiger partial charge is 0.497 e. The summed E-state index contributed by atoms with van der Waals surface area (Å²) < 4.78 is 16.5. The van der Waals surface area contributed by atoms with Gasteiger partial charge in [-0.2, -0.15) is 0 Å². The number of nitrogens with one attached hydrogen (secondary N) is 1. The maximum absolute atomic E-state index is 12.6. The summed E-state index contributed by atoms with van der Waals surface area (Å²) in [5.41, 5.74) is 3.19. The second kappa shape index (κ2) is 9.80. The monoisotopic (exact) mass is 465 g/mol. The molecule has 2 heterocycles. The first-order valence-corrected chi connectivity index (χ1v) is 11.6. The standard InChI is InChI=1S/C25H27N3O4S/c1-25(2)13-21-20(14-32-25)24(28-23(27-21)16-8-10-18(30-3)11-9-16)33-15-22(29)26-17-6-5-7-19(12-17)31-4/h5-12H,13-15H2,1-4H3,(H,26,29). The summed E-state index contributed by atoms with van der Waals surface area (Å²) in [6.07, 6.45) is 0.678. The SMILES string of the molecule is COc1ccc(-c2nc3c(c(SCC(=O)Nc4cccc(OC)c4)n2)COC(C)(C)C3)cc1. The van der Waals surface area contributed by atoms with Crippen molar-refractivity contribution in [3.8, 4) is 22.9 Å². The summed E-state index contributed by atoms with van der Waals surface area (Å²) in [4.78, 5) is 22.3. The third-order valence-electron chi connectivity index (χ3n) is 5.30. The Balaban J connectivity index is 1.57. The van der Waals surface area contributed by atoms with E-state index in [4.69, 9.17) is 24.2 Å². The predicted octanol–water partition coefficient (Wildman–Crippen LogP) is 4.74. The summed E-state index contributed by atoms with van der Waals surface area (Å²) in [7, 11) is 3.23. The number of fused-ring (bicyclic) bond motifs is 1. The van der Waals surface area contributed by atoms with Gasteiger partial charge in [-0.1, -0.05) is 17.8 Å². The first-order chi connectivity index (χ1) is 15.9. The Hall–Kier alpha value is -3.10. The Morgan fingerprint density at radius 2 is 1.85 bits per heavy atom. The van der Waals surface area contributed by atoms with Crippen LogP contribution in [0.25, 0.3) is 11.4 Å². The molecule has 7 nitrogen and oxygen atoms in total. The lowest BCUT2D eigenvalue weighted by molar-refractivity contribution is -0.113. The molecule has 3 aromatic rings. The highest BCUT2D eigenvalue weighted by Gasteiger charge is 2.30. The quantitative estimate of drug-likeness (QED) is 0.398. The molecule has 1 aromatic heterocycles. The molecule has 0 spiro atoms. The number of hydrogen-bond acceptors (Lipinski definition) is 7. The van der Waals surface area contributed by atoms with Gasteiger partial charge in [-0.3, -0.25) is 4.79 Å². The summed E-state index contributed by atoms with van der Waals surface area (Å²) in [6.45, 7) is 4.53. The fourth-order valence-corrected chi connectivity index (χ4v) is 4.38. The first-order valence-electron chi connectivity index (χ1n) is 10.6. The molecule has 0 bridgehead atoms. The van der Waals surface area contributed by atoms with Crippen molar-refractivity contribution in [3.05, 3.63) is 59.8 Å². The van der Waals surface area contributed by atoms with Crippen molar-refractivity contribution in [3.63, 3.8) is 0 Å². The van der Waals surface area contributed by atoms with E-state index in [0.29, 0.717) is 30.3 Å². The third-order valence-corrected chi connectivity index (χ3v) is 6.31. The van der Waals surface area contributed by atoms with Gasteiger partial charge in [-0.05, 0) is 50.2 Å². The Bertz CT molecular complexity index is 1150. The number of nitrogens with zero attached hydrogens (tertiary/aromatic N) is 2. The van der Waals surface area contributed by atoms with E-state index in [1.807, 2.05) is 42.5 Å². The van der Waals surface area contributed by atoms with Crippen molar-refractivity contribution in [2.45, 2.75) is 37.5 Å². The average molecular weight is 466 g/mol. The highest BCUT2D eigenvalue weighted by molar-refractivity contribution is 8.00. The van der Waals surface area contributed by atoms with E-state index < -0.39 is 0 Å². The van der Waals surface area contributed by atoms with E-state index >= 15 is 0 Å². The molecule has 4 rings (SSSR count). The topological polar surface area (TPSA) is 82.6 Å². The lowest BCUT2D eigenvalue weighted by Crippen LogP contribution is -2.33. The van der Waals surface area contributed by atoms with Gasteiger partial charge in [-0.25, -0.2) is 9.97 Å². The molecule has 1 aliphatic rings. The minimum atomic E-state index is -0.301. The fraction of sp³-hybridized carbons (Fsp3) is 0.320. The predicted molar refractivity (Wildman–Crippen MR) is 129 cm³/mol. The molecule has 1 amide bonds. The number of thioether (sulfide) groups is 1. The van der Waals surface area contributed by atoms with Crippen LogP contribution in [0.5, 0.6) is 11.5 Å². The second-order valence-electron chi connectivity index (χ2n) is 8.30. The third kappa shape index (κ3) is 5.64. The molecule has 1 aliphatic heterocycles. The number of methoxy groups -OCH3 is 2. The molecular weight excluding hydrogens is 438 g/mol. The van der Waals surface area contributed by atoms with Crippen LogP contribution >= 0.6 is 11.8 Å². The molecule has 0 saturated carbocycles. The zero-order chi connectivity index (χ0) is 23.4. The number of ether oxygens (including phenoxy) is 3. The average Bonchev–Trinajstić information content (AvgIpc) is 2.81. The molecule has 0 saturated heterocycles. The van der Waals surface area contributed by atoms with Gasteiger partial charge in [0.05, 0.1) is 37.9 Å². The normalized spacial score (nSPS) is 14.3. The molecule has 0 radical (unpaired) electrons. The fourth-order valence-electron chi connectivity index (χ4n) is 3.54. The van der Waals surface area contributed by atoms with Crippen molar-refractivity contribution in [2.75, 3.05) is 25.3 Å². The van der Waals surface area contributed by atoms with Crippen LogP contribution in [0.1, 0.15) is 25.1 Å². The van der Waals surface area contributed by atoms with E-state index in [-0.39, 0.29) is 17.3 Å². The smallest absolute Gasteiger partial charge is 0.234 e. The van der Waals surface area contributed by atoms with Crippen molar-refractivity contribution in [1.82, 2.24) is 9.97 Å². The number of carbonyl (C=O) groups is 1. The Labute approximate surface area is 197 Å². The van der Waals surface area contributed by atoms with Gasteiger partial charge in [0.15, 0.2) is 5.82 Å². The number of amides is 1. The number of rotatable bonds is 7. The molecular formula is C25H27N3O4S. The number of aromatic nitrogens is 2. The van der Waals surface area contributed by atoms with Crippen molar-refractivity contribution < 1.29 is 19.0 Å². The molecule has 0 aliphatic carbocycles. The van der Waals surface area contributed by atoms with Crippen molar-refractivity contribution in [2.24, 2.45) is 0 Å². The number of hydrogen-bond donors (Lipinski definition) is 1. The number of anilines is 1. The van der Waals surface area contributed by atoms with E-state index in [1.165, 1.54) is 11.8 Å². The molecule has 0 unspecified atom stereocenters. The van der Waals surface area contributed by atoms with Gasteiger partial charge in [0.2, 0.25) is 5.91 Å². The van der Waals surface area contributed by atoms with Gasteiger partial charge in [0.1, 0.15) is 16.5 Å². The summed E-state index contributed by atoms with van der Waals surface area (Å²) in [6, 6.07) is 14.9. The van der Waals surface area contributed by atoms with Gasteiger partial charge in [0, 0.05) is 29.3 Å². The minimum Gasteiger partial charge on any atom is -0.497 e.